The number of piperazine rings is 1. The highest BCUT2D eigenvalue weighted by Crippen LogP contribution is 2.18. The minimum Gasteiger partial charge on any atom is -0.363 e. The van der Waals surface area contributed by atoms with Gasteiger partial charge in [-0.3, -0.25) is 4.79 Å². The number of nitrogens with zero attached hydrogens (tertiary/aromatic N) is 2. The third-order valence-electron chi connectivity index (χ3n) is 3.29. The van der Waals surface area contributed by atoms with E-state index >= 15 is 0 Å². The van der Waals surface area contributed by atoms with Gasteiger partial charge in [-0.25, -0.2) is 0 Å². The summed E-state index contributed by atoms with van der Waals surface area (Å²) in [5, 5.41) is 4.40. The molecule has 1 saturated heterocycles. The number of hydrogen-bond acceptors (Lipinski definition) is 2. The van der Waals surface area contributed by atoms with E-state index in [0.29, 0.717) is 23.7 Å². The van der Waals surface area contributed by atoms with E-state index in [0.717, 1.165) is 24.7 Å². The molecular formula is C14H18ClN3OS. The molecule has 1 aliphatic rings. The van der Waals surface area contributed by atoms with Crippen LogP contribution in [0.25, 0.3) is 0 Å². The summed E-state index contributed by atoms with van der Waals surface area (Å²) in [6.07, 6.45) is 0. The van der Waals surface area contributed by atoms with Crippen molar-refractivity contribution in [2.24, 2.45) is 0 Å². The Hall–Kier alpha value is -1.33. The van der Waals surface area contributed by atoms with Crippen molar-refractivity contribution in [2.75, 3.05) is 32.7 Å². The Kier molecular flexibility index (Phi) is 5.20. The average Bonchev–Trinajstić information content (AvgIpc) is 2.47. The van der Waals surface area contributed by atoms with Crippen LogP contribution in [-0.4, -0.2) is 53.5 Å². The highest BCUT2D eigenvalue weighted by molar-refractivity contribution is 7.80. The zero-order valence-electron chi connectivity index (χ0n) is 11.4. The molecule has 6 heteroatoms. The van der Waals surface area contributed by atoms with Crippen LogP contribution in [0, 0.1) is 0 Å². The van der Waals surface area contributed by atoms with Crippen molar-refractivity contribution in [2.45, 2.75) is 6.92 Å². The van der Waals surface area contributed by atoms with Gasteiger partial charge in [0.05, 0.1) is 10.6 Å². The van der Waals surface area contributed by atoms with Gasteiger partial charge in [0.25, 0.3) is 5.91 Å². The first kappa shape index (κ1) is 15.1. The predicted molar refractivity (Wildman–Crippen MR) is 85.2 cm³/mol. The fourth-order valence-corrected chi connectivity index (χ4v) is 2.72. The average molecular weight is 312 g/mol. The predicted octanol–water partition coefficient (Wildman–Crippen LogP) is 1.99. The minimum absolute atomic E-state index is 0.00961. The second-order valence-electron chi connectivity index (χ2n) is 4.59. The smallest absolute Gasteiger partial charge is 0.255 e. The van der Waals surface area contributed by atoms with Gasteiger partial charge in [-0.15, -0.1) is 0 Å². The summed E-state index contributed by atoms with van der Waals surface area (Å²) < 4.78 is 0. The maximum Gasteiger partial charge on any atom is 0.255 e. The summed E-state index contributed by atoms with van der Waals surface area (Å²) in [7, 11) is 0. The van der Waals surface area contributed by atoms with Crippen LogP contribution in [0.3, 0.4) is 0 Å². The van der Waals surface area contributed by atoms with Gasteiger partial charge in [0.1, 0.15) is 0 Å². The number of amides is 1. The molecule has 1 fully saturated rings. The highest BCUT2D eigenvalue weighted by Gasteiger charge is 2.24. The Balaban J connectivity index is 1.96. The van der Waals surface area contributed by atoms with Crippen molar-refractivity contribution < 1.29 is 4.79 Å². The molecule has 1 aromatic carbocycles. The van der Waals surface area contributed by atoms with E-state index in [4.69, 9.17) is 23.8 Å². The second-order valence-corrected chi connectivity index (χ2v) is 5.39. The molecule has 2 rings (SSSR count). The molecule has 1 amide bonds. The van der Waals surface area contributed by atoms with Crippen molar-refractivity contribution in [3.63, 3.8) is 0 Å². The molecular weight excluding hydrogens is 294 g/mol. The molecule has 0 bridgehead atoms. The molecule has 1 N–H and O–H groups in total. The Morgan fingerprint density at radius 3 is 2.45 bits per heavy atom. The zero-order valence-corrected chi connectivity index (χ0v) is 13.0. The van der Waals surface area contributed by atoms with Crippen LogP contribution in [0.4, 0.5) is 0 Å². The van der Waals surface area contributed by atoms with Crippen LogP contribution in [0.15, 0.2) is 24.3 Å². The topological polar surface area (TPSA) is 35.6 Å². The minimum atomic E-state index is -0.00961. The zero-order chi connectivity index (χ0) is 14.5. The summed E-state index contributed by atoms with van der Waals surface area (Å²) in [5.41, 5.74) is 0.567. The van der Waals surface area contributed by atoms with E-state index in [-0.39, 0.29) is 5.91 Å². The van der Waals surface area contributed by atoms with Crippen molar-refractivity contribution in [3.8, 4) is 0 Å². The molecule has 0 saturated carbocycles. The monoisotopic (exact) mass is 311 g/mol. The molecule has 1 heterocycles. The number of rotatable bonds is 2. The number of carbonyl (C=O) groups is 1. The van der Waals surface area contributed by atoms with E-state index in [1.54, 1.807) is 12.1 Å². The maximum absolute atomic E-state index is 12.4. The largest absolute Gasteiger partial charge is 0.363 e. The Bertz CT molecular complexity index is 501. The number of benzene rings is 1. The Morgan fingerprint density at radius 1 is 1.25 bits per heavy atom. The Labute approximate surface area is 129 Å². The van der Waals surface area contributed by atoms with Crippen LogP contribution >= 0.6 is 23.8 Å². The molecule has 1 aliphatic heterocycles. The van der Waals surface area contributed by atoms with Crippen molar-refractivity contribution in [1.29, 1.82) is 0 Å². The third-order valence-corrected chi connectivity index (χ3v) is 4.02. The first-order valence-electron chi connectivity index (χ1n) is 6.70. The van der Waals surface area contributed by atoms with Gasteiger partial charge in [-0.05, 0) is 31.3 Å². The van der Waals surface area contributed by atoms with Gasteiger partial charge in [-0.1, -0.05) is 23.7 Å². The quantitative estimate of drug-likeness (QED) is 0.847. The molecule has 108 valence electrons. The molecule has 0 aromatic heterocycles. The van der Waals surface area contributed by atoms with Crippen molar-refractivity contribution in [3.05, 3.63) is 34.9 Å². The van der Waals surface area contributed by atoms with E-state index in [2.05, 4.69) is 10.2 Å². The number of carbonyl (C=O) groups excluding carboxylic acids is 1. The lowest BCUT2D eigenvalue weighted by Crippen LogP contribution is -2.53. The summed E-state index contributed by atoms with van der Waals surface area (Å²) >= 11 is 11.4. The van der Waals surface area contributed by atoms with Crippen LogP contribution in [0.2, 0.25) is 5.02 Å². The maximum atomic E-state index is 12.4. The van der Waals surface area contributed by atoms with E-state index < -0.39 is 0 Å². The fraction of sp³-hybridized carbons (Fsp3) is 0.429. The third kappa shape index (κ3) is 3.41. The summed E-state index contributed by atoms with van der Waals surface area (Å²) in [6.45, 7) is 5.66. The molecule has 0 radical (unpaired) electrons. The lowest BCUT2D eigenvalue weighted by atomic mass is 10.2. The summed E-state index contributed by atoms with van der Waals surface area (Å²) in [5.74, 6) is -0.00961. The van der Waals surface area contributed by atoms with E-state index in [1.807, 2.05) is 24.0 Å². The van der Waals surface area contributed by atoms with Gasteiger partial charge in [0.2, 0.25) is 0 Å². The van der Waals surface area contributed by atoms with Crippen LogP contribution in [0.1, 0.15) is 17.3 Å². The number of nitrogens with one attached hydrogen (secondary N) is 1. The first-order valence-corrected chi connectivity index (χ1v) is 7.48. The van der Waals surface area contributed by atoms with Gasteiger partial charge < -0.3 is 15.1 Å². The van der Waals surface area contributed by atoms with Crippen LogP contribution < -0.4 is 5.32 Å². The number of thiocarbonyl (C=S) groups is 1. The second kappa shape index (κ2) is 6.90. The van der Waals surface area contributed by atoms with Gasteiger partial charge in [-0.2, -0.15) is 0 Å². The standard InChI is InChI=1S/C14H18ClN3OS/c1-2-16-14(20)18-9-7-17(8-10-18)13(19)11-5-3-4-6-12(11)15/h3-6H,2,7-10H2,1H3,(H,16,20). The summed E-state index contributed by atoms with van der Waals surface area (Å²) in [6, 6.07) is 7.16. The first-order chi connectivity index (χ1) is 9.63. The van der Waals surface area contributed by atoms with Crippen molar-refractivity contribution >= 4 is 34.8 Å². The lowest BCUT2D eigenvalue weighted by molar-refractivity contribution is 0.0691. The van der Waals surface area contributed by atoms with Gasteiger partial charge in [0.15, 0.2) is 5.11 Å². The van der Waals surface area contributed by atoms with Crippen molar-refractivity contribution in [1.82, 2.24) is 15.1 Å². The molecule has 4 nitrogen and oxygen atoms in total. The molecule has 0 atom stereocenters. The van der Waals surface area contributed by atoms with Gasteiger partial charge in [0, 0.05) is 32.7 Å². The lowest BCUT2D eigenvalue weighted by Gasteiger charge is -2.36. The van der Waals surface area contributed by atoms with Crippen LogP contribution in [-0.2, 0) is 0 Å². The molecule has 0 unspecified atom stereocenters. The molecule has 1 aromatic rings. The highest BCUT2D eigenvalue weighted by atomic mass is 35.5. The number of hydrogen-bond donors (Lipinski definition) is 1. The molecule has 0 spiro atoms. The van der Waals surface area contributed by atoms with Gasteiger partial charge >= 0.3 is 0 Å². The normalized spacial score (nSPS) is 15.1. The summed E-state index contributed by atoms with van der Waals surface area (Å²) in [4.78, 5) is 16.3. The number of halogens is 1. The fourth-order valence-electron chi connectivity index (χ4n) is 2.18. The SMILES string of the molecule is CCNC(=S)N1CCN(C(=O)c2ccccc2Cl)CC1. The van der Waals surface area contributed by atoms with E-state index in [9.17, 15) is 4.79 Å². The molecule has 20 heavy (non-hydrogen) atoms. The van der Waals surface area contributed by atoms with Crippen LogP contribution in [0.5, 0.6) is 0 Å². The molecule has 0 aliphatic carbocycles. The van der Waals surface area contributed by atoms with E-state index in [1.165, 1.54) is 0 Å². The Morgan fingerprint density at radius 2 is 1.85 bits per heavy atom.